The lowest BCUT2D eigenvalue weighted by Gasteiger charge is -2.34. The molecule has 1 aromatic rings. The van der Waals surface area contributed by atoms with Gasteiger partial charge in [-0.05, 0) is 31.0 Å². The number of nitrogens with zero attached hydrogens (tertiary/aromatic N) is 2. The van der Waals surface area contributed by atoms with E-state index in [-0.39, 0.29) is 5.91 Å². The number of nitrogen functional groups attached to an aromatic ring is 1. The Balaban J connectivity index is 1.49. The second-order valence-corrected chi connectivity index (χ2v) is 5.82. The van der Waals surface area contributed by atoms with Crippen LogP contribution < -0.4 is 11.1 Å². The van der Waals surface area contributed by atoms with Gasteiger partial charge in [-0.25, -0.2) is 4.39 Å². The van der Waals surface area contributed by atoms with Gasteiger partial charge in [-0.3, -0.25) is 14.6 Å². The van der Waals surface area contributed by atoms with E-state index in [1.165, 1.54) is 31.0 Å². The Morgan fingerprint density at radius 3 is 2.67 bits per heavy atom. The molecule has 1 amide bonds. The number of hydrogen-bond acceptors (Lipinski definition) is 4. The second kappa shape index (κ2) is 5.99. The Bertz CT molecular complexity index is 524. The van der Waals surface area contributed by atoms with E-state index in [9.17, 15) is 9.18 Å². The van der Waals surface area contributed by atoms with Crippen molar-refractivity contribution >= 4 is 17.3 Å². The molecule has 1 aromatic carbocycles. The van der Waals surface area contributed by atoms with Gasteiger partial charge in [0, 0.05) is 32.2 Å². The van der Waals surface area contributed by atoms with Gasteiger partial charge in [0.15, 0.2) is 0 Å². The number of piperazine rings is 1. The van der Waals surface area contributed by atoms with E-state index < -0.39 is 5.82 Å². The molecule has 1 heterocycles. The Kier molecular flexibility index (Phi) is 4.07. The fraction of sp³-hybridized carbons (Fsp3) is 0.533. The summed E-state index contributed by atoms with van der Waals surface area (Å²) < 4.78 is 13.2. The molecule has 3 N–H and O–H groups in total. The van der Waals surface area contributed by atoms with E-state index in [2.05, 4.69) is 15.1 Å². The molecule has 0 aromatic heterocycles. The van der Waals surface area contributed by atoms with E-state index in [1.54, 1.807) is 0 Å². The Hall–Kier alpha value is -1.66. The molecule has 3 rings (SSSR count). The van der Waals surface area contributed by atoms with Crippen LogP contribution in [0.4, 0.5) is 15.8 Å². The number of rotatable bonds is 4. The molecular weight excluding hydrogens is 271 g/mol. The summed E-state index contributed by atoms with van der Waals surface area (Å²) in [6, 6.07) is 4.77. The van der Waals surface area contributed by atoms with Gasteiger partial charge in [0.25, 0.3) is 0 Å². The molecule has 1 saturated carbocycles. The van der Waals surface area contributed by atoms with Crippen LogP contribution in [0.5, 0.6) is 0 Å². The number of nitrogens with one attached hydrogen (secondary N) is 1. The average molecular weight is 292 g/mol. The lowest BCUT2D eigenvalue weighted by atomic mass is 10.2. The summed E-state index contributed by atoms with van der Waals surface area (Å²) in [4.78, 5) is 16.7. The first-order valence-corrected chi connectivity index (χ1v) is 7.43. The van der Waals surface area contributed by atoms with Crippen molar-refractivity contribution in [1.29, 1.82) is 0 Å². The minimum atomic E-state index is -0.405. The Morgan fingerprint density at radius 2 is 2.00 bits per heavy atom. The maximum absolute atomic E-state index is 13.2. The van der Waals surface area contributed by atoms with Gasteiger partial charge < -0.3 is 11.1 Å². The Labute approximate surface area is 123 Å². The molecule has 0 unspecified atom stereocenters. The van der Waals surface area contributed by atoms with Gasteiger partial charge in [-0.2, -0.15) is 0 Å². The number of nitrogens with two attached hydrogens (primary N) is 1. The zero-order valence-electron chi connectivity index (χ0n) is 12.0. The van der Waals surface area contributed by atoms with Gasteiger partial charge in [0.05, 0.1) is 17.9 Å². The first-order chi connectivity index (χ1) is 10.1. The fourth-order valence-electron chi connectivity index (χ4n) is 2.76. The standard InChI is InChI=1S/C15H21FN4O/c16-11-1-4-13(17)14(9-11)18-15(21)10-19-5-7-20(8-6-19)12-2-3-12/h1,4,9,12H,2-3,5-8,10,17H2,(H,18,21). The largest absolute Gasteiger partial charge is 0.397 e. The summed E-state index contributed by atoms with van der Waals surface area (Å²) in [5.74, 6) is -0.551. The molecule has 0 bridgehead atoms. The predicted octanol–water partition coefficient (Wildman–Crippen LogP) is 1.13. The van der Waals surface area contributed by atoms with Crippen molar-refractivity contribution in [2.24, 2.45) is 0 Å². The van der Waals surface area contributed by atoms with Crippen LogP contribution in [0.1, 0.15) is 12.8 Å². The van der Waals surface area contributed by atoms with Crippen molar-refractivity contribution in [3.05, 3.63) is 24.0 Å². The third kappa shape index (κ3) is 3.71. The lowest BCUT2D eigenvalue weighted by molar-refractivity contribution is -0.117. The number of carbonyl (C=O) groups is 1. The Morgan fingerprint density at radius 1 is 1.29 bits per heavy atom. The van der Waals surface area contributed by atoms with Crippen molar-refractivity contribution < 1.29 is 9.18 Å². The first kappa shape index (κ1) is 14.3. The van der Waals surface area contributed by atoms with E-state index in [0.29, 0.717) is 17.9 Å². The van der Waals surface area contributed by atoms with E-state index in [0.717, 1.165) is 32.2 Å². The smallest absolute Gasteiger partial charge is 0.238 e. The molecule has 1 saturated heterocycles. The number of anilines is 2. The molecule has 2 aliphatic rings. The van der Waals surface area contributed by atoms with Crippen LogP contribution in [0.3, 0.4) is 0 Å². The molecule has 1 aliphatic heterocycles. The summed E-state index contributed by atoms with van der Waals surface area (Å²) in [5.41, 5.74) is 6.45. The van der Waals surface area contributed by atoms with Crippen LogP contribution in [0.25, 0.3) is 0 Å². The summed E-state index contributed by atoms with van der Waals surface area (Å²) in [7, 11) is 0. The van der Waals surface area contributed by atoms with E-state index in [1.807, 2.05) is 0 Å². The summed E-state index contributed by atoms with van der Waals surface area (Å²) in [5, 5.41) is 2.69. The highest BCUT2D eigenvalue weighted by Gasteiger charge is 2.31. The topological polar surface area (TPSA) is 61.6 Å². The number of carbonyl (C=O) groups excluding carboxylic acids is 1. The third-order valence-electron chi connectivity index (χ3n) is 4.13. The van der Waals surface area contributed by atoms with Gasteiger partial charge >= 0.3 is 0 Å². The zero-order valence-corrected chi connectivity index (χ0v) is 12.0. The van der Waals surface area contributed by atoms with Gasteiger partial charge in [-0.1, -0.05) is 0 Å². The quantitative estimate of drug-likeness (QED) is 0.817. The number of halogens is 1. The summed E-state index contributed by atoms with van der Waals surface area (Å²) >= 11 is 0. The molecule has 0 radical (unpaired) electrons. The first-order valence-electron chi connectivity index (χ1n) is 7.43. The normalized spacial score (nSPS) is 20.4. The van der Waals surface area contributed by atoms with Crippen molar-refractivity contribution in [2.75, 3.05) is 43.8 Å². The minimum Gasteiger partial charge on any atom is -0.397 e. The number of hydrogen-bond donors (Lipinski definition) is 2. The monoisotopic (exact) mass is 292 g/mol. The molecule has 1 aliphatic carbocycles. The van der Waals surface area contributed by atoms with Crippen molar-refractivity contribution in [3.8, 4) is 0 Å². The highest BCUT2D eigenvalue weighted by molar-refractivity contribution is 5.95. The van der Waals surface area contributed by atoms with Gasteiger partial charge in [0.2, 0.25) is 5.91 Å². The van der Waals surface area contributed by atoms with Gasteiger partial charge in [0.1, 0.15) is 5.82 Å². The van der Waals surface area contributed by atoms with Crippen molar-refractivity contribution in [3.63, 3.8) is 0 Å². The second-order valence-electron chi connectivity index (χ2n) is 5.82. The van der Waals surface area contributed by atoms with Crippen LogP contribution in [-0.4, -0.2) is 54.5 Å². The number of benzene rings is 1. The maximum Gasteiger partial charge on any atom is 0.238 e. The van der Waals surface area contributed by atoms with Crippen LogP contribution in [0.2, 0.25) is 0 Å². The SMILES string of the molecule is Nc1ccc(F)cc1NC(=O)CN1CCN(C2CC2)CC1. The third-order valence-corrected chi connectivity index (χ3v) is 4.13. The van der Waals surface area contributed by atoms with Crippen LogP contribution in [0.15, 0.2) is 18.2 Å². The molecule has 21 heavy (non-hydrogen) atoms. The van der Waals surface area contributed by atoms with Crippen LogP contribution in [-0.2, 0) is 4.79 Å². The molecule has 2 fully saturated rings. The van der Waals surface area contributed by atoms with Crippen molar-refractivity contribution in [1.82, 2.24) is 9.80 Å². The molecule has 0 atom stereocenters. The molecular formula is C15H21FN4O. The predicted molar refractivity (Wildman–Crippen MR) is 80.5 cm³/mol. The van der Waals surface area contributed by atoms with E-state index >= 15 is 0 Å². The van der Waals surface area contributed by atoms with Crippen LogP contribution >= 0.6 is 0 Å². The average Bonchev–Trinajstić information content (AvgIpc) is 3.28. The molecule has 114 valence electrons. The van der Waals surface area contributed by atoms with E-state index in [4.69, 9.17) is 5.73 Å². The maximum atomic E-state index is 13.2. The lowest BCUT2D eigenvalue weighted by Crippen LogP contribution is -2.49. The zero-order chi connectivity index (χ0) is 14.8. The molecule has 5 nitrogen and oxygen atoms in total. The summed E-state index contributed by atoms with van der Waals surface area (Å²) in [6.45, 7) is 4.19. The molecule has 6 heteroatoms. The summed E-state index contributed by atoms with van der Waals surface area (Å²) in [6.07, 6.45) is 2.64. The van der Waals surface area contributed by atoms with Crippen LogP contribution in [0, 0.1) is 5.82 Å². The highest BCUT2D eigenvalue weighted by Crippen LogP contribution is 2.27. The fourth-order valence-corrected chi connectivity index (χ4v) is 2.76. The molecule has 0 spiro atoms. The minimum absolute atomic E-state index is 0.146. The van der Waals surface area contributed by atoms with Gasteiger partial charge in [-0.15, -0.1) is 0 Å². The van der Waals surface area contributed by atoms with Crippen molar-refractivity contribution in [2.45, 2.75) is 18.9 Å². The number of amides is 1. The highest BCUT2D eigenvalue weighted by atomic mass is 19.1.